The Morgan fingerprint density at radius 2 is 1.70 bits per heavy atom. The zero-order valence-electron chi connectivity index (χ0n) is 16.1. The van der Waals surface area contributed by atoms with Gasteiger partial charge in [-0.05, 0) is 13.0 Å². The first-order chi connectivity index (χ1) is 14.2. The smallest absolute Gasteiger partial charge is 0.298 e. The molecule has 1 N–H and O–H groups in total. The van der Waals surface area contributed by atoms with Gasteiger partial charge in [0.25, 0.3) is 5.56 Å². The standard InChI is InChI=1S/C20H15F4N5O/c1-9-26-17-10-6-4-5-7-12(10)27-18(17)20(30)29(9)25-8-11-13(21)15(23)19(28(2)3)16(24)14(11)22/h4-8,27H,1-3H3/b25-8-. The number of benzene rings is 2. The van der Waals surface area contributed by atoms with Crippen LogP contribution in [0.25, 0.3) is 21.9 Å². The Labute approximate surface area is 167 Å². The van der Waals surface area contributed by atoms with Gasteiger partial charge >= 0.3 is 0 Å². The molecule has 0 saturated heterocycles. The van der Waals surface area contributed by atoms with Crippen LogP contribution < -0.4 is 10.5 Å². The van der Waals surface area contributed by atoms with E-state index in [1.54, 1.807) is 24.3 Å². The number of aromatic nitrogens is 3. The average Bonchev–Trinajstić information content (AvgIpc) is 3.07. The summed E-state index contributed by atoms with van der Waals surface area (Å²) < 4.78 is 57.9. The van der Waals surface area contributed by atoms with Gasteiger partial charge in [0.1, 0.15) is 22.5 Å². The fourth-order valence-electron chi connectivity index (χ4n) is 3.25. The monoisotopic (exact) mass is 417 g/mol. The Balaban J connectivity index is 1.90. The van der Waals surface area contributed by atoms with E-state index < -0.39 is 40.1 Å². The summed E-state index contributed by atoms with van der Waals surface area (Å²) in [5, 5.41) is 4.47. The molecule has 0 spiro atoms. The Morgan fingerprint density at radius 1 is 1.07 bits per heavy atom. The van der Waals surface area contributed by atoms with Crippen molar-refractivity contribution >= 4 is 33.8 Å². The lowest BCUT2D eigenvalue weighted by Crippen LogP contribution is -2.21. The van der Waals surface area contributed by atoms with E-state index in [-0.39, 0.29) is 11.3 Å². The average molecular weight is 417 g/mol. The SMILES string of the molecule is Cc1nc2c([nH]c3ccccc32)c(=O)n1/N=C\c1c(F)c(F)c(N(C)C)c(F)c1F. The molecule has 0 amide bonds. The summed E-state index contributed by atoms with van der Waals surface area (Å²) >= 11 is 0. The van der Waals surface area contributed by atoms with Crippen molar-refractivity contribution in [2.75, 3.05) is 19.0 Å². The second-order valence-electron chi connectivity index (χ2n) is 6.83. The highest BCUT2D eigenvalue weighted by atomic mass is 19.2. The fourth-order valence-corrected chi connectivity index (χ4v) is 3.25. The first-order valence-corrected chi connectivity index (χ1v) is 8.80. The van der Waals surface area contributed by atoms with E-state index in [9.17, 15) is 22.4 Å². The lowest BCUT2D eigenvalue weighted by atomic mass is 10.1. The summed E-state index contributed by atoms with van der Waals surface area (Å²) in [6.07, 6.45) is 0.556. The van der Waals surface area contributed by atoms with Crippen LogP contribution in [0, 0.1) is 30.2 Å². The molecule has 0 aliphatic carbocycles. The number of aryl methyl sites for hydroxylation is 1. The van der Waals surface area contributed by atoms with Crippen molar-refractivity contribution in [1.29, 1.82) is 0 Å². The maximum atomic E-state index is 14.4. The summed E-state index contributed by atoms with van der Waals surface area (Å²) in [7, 11) is 2.50. The molecule has 0 atom stereocenters. The van der Waals surface area contributed by atoms with Crippen LogP contribution in [0.1, 0.15) is 11.4 Å². The van der Waals surface area contributed by atoms with Crippen LogP contribution in [0.5, 0.6) is 0 Å². The molecule has 10 heteroatoms. The number of halogens is 4. The van der Waals surface area contributed by atoms with Crippen molar-refractivity contribution in [3.63, 3.8) is 0 Å². The molecule has 0 unspecified atom stereocenters. The molecular formula is C20H15F4N5O. The molecule has 4 rings (SSSR count). The number of para-hydroxylation sites is 1. The number of fused-ring (bicyclic) bond motifs is 3. The zero-order chi connectivity index (χ0) is 21.7. The maximum Gasteiger partial charge on any atom is 0.298 e. The number of anilines is 1. The molecule has 30 heavy (non-hydrogen) atoms. The van der Waals surface area contributed by atoms with Crippen LogP contribution in [-0.4, -0.2) is 35.0 Å². The fraction of sp³-hybridized carbons (Fsp3) is 0.150. The van der Waals surface area contributed by atoms with Crippen molar-refractivity contribution in [3.8, 4) is 0 Å². The third kappa shape index (κ3) is 2.83. The second-order valence-corrected chi connectivity index (χ2v) is 6.83. The Kier molecular flexibility index (Phi) is 4.56. The van der Waals surface area contributed by atoms with E-state index in [1.807, 2.05) is 0 Å². The number of H-pyrrole nitrogens is 1. The second kappa shape index (κ2) is 6.97. The minimum atomic E-state index is -1.62. The van der Waals surface area contributed by atoms with Gasteiger partial charge in [-0.1, -0.05) is 18.2 Å². The number of hydrogen-bond acceptors (Lipinski definition) is 4. The van der Waals surface area contributed by atoms with Crippen LogP contribution in [0.3, 0.4) is 0 Å². The first kappa shape index (κ1) is 19.6. The highest BCUT2D eigenvalue weighted by Gasteiger charge is 2.26. The van der Waals surface area contributed by atoms with E-state index in [1.165, 1.54) is 21.0 Å². The van der Waals surface area contributed by atoms with Crippen LogP contribution in [0.4, 0.5) is 23.2 Å². The molecule has 0 bridgehead atoms. The number of hydrogen-bond donors (Lipinski definition) is 1. The molecule has 154 valence electrons. The normalized spacial score (nSPS) is 11.8. The van der Waals surface area contributed by atoms with Crippen molar-refractivity contribution in [3.05, 3.63) is 69.3 Å². The van der Waals surface area contributed by atoms with E-state index in [4.69, 9.17) is 0 Å². The van der Waals surface area contributed by atoms with Gasteiger partial charge in [-0.25, -0.2) is 22.5 Å². The van der Waals surface area contributed by atoms with Crippen molar-refractivity contribution in [2.45, 2.75) is 6.92 Å². The van der Waals surface area contributed by atoms with Crippen molar-refractivity contribution in [1.82, 2.24) is 14.6 Å². The van der Waals surface area contributed by atoms with Gasteiger partial charge in [0, 0.05) is 25.0 Å². The molecule has 0 radical (unpaired) electrons. The summed E-state index contributed by atoms with van der Waals surface area (Å²) in [6.45, 7) is 1.48. The number of nitrogens with zero attached hydrogens (tertiary/aromatic N) is 4. The van der Waals surface area contributed by atoms with Gasteiger partial charge in [0.15, 0.2) is 23.3 Å². The number of aromatic amines is 1. The van der Waals surface area contributed by atoms with Crippen LogP contribution in [0.15, 0.2) is 34.2 Å². The van der Waals surface area contributed by atoms with E-state index in [2.05, 4.69) is 15.1 Å². The zero-order valence-corrected chi connectivity index (χ0v) is 16.1. The van der Waals surface area contributed by atoms with Gasteiger partial charge in [-0.15, -0.1) is 0 Å². The Morgan fingerprint density at radius 3 is 2.33 bits per heavy atom. The topological polar surface area (TPSA) is 66.3 Å². The maximum absolute atomic E-state index is 14.4. The molecule has 6 nitrogen and oxygen atoms in total. The molecule has 2 aromatic heterocycles. The van der Waals surface area contributed by atoms with Gasteiger partial charge in [-0.2, -0.15) is 9.78 Å². The number of nitrogens with one attached hydrogen (secondary N) is 1. The summed E-state index contributed by atoms with van der Waals surface area (Å²) in [5.74, 6) is -6.24. The first-order valence-electron chi connectivity index (χ1n) is 8.80. The summed E-state index contributed by atoms with van der Waals surface area (Å²) in [4.78, 5) is 21.0. The molecule has 2 heterocycles. The minimum absolute atomic E-state index is 0.125. The molecule has 0 saturated carbocycles. The largest absolute Gasteiger partial charge is 0.373 e. The predicted molar refractivity (Wildman–Crippen MR) is 106 cm³/mol. The lowest BCUT2D eigenvalue weighted by Gasteiger charge is -2.16. The summed E-state index contributed by atoms with van der Waals surface area (Å²) in [5.41, 5.74) is -1.28. The van der Waals surface area contributed by atoms with Gasteiger partial charge in [0.2, 0.25) is 0 Å². The van der Waals surface area contributed by atoms with Crippen molar-refractivity contribution in [2.24, 2.45) is 5.10 Å². The molecule has 0 aliphatic rings. The lowest BCUT2D eigenvalue weighted by molar-refractivity contribution is 0.453. The van der Waals surface area contributed by atoms with E-state index in [0.29, 0.717) is 17.2 Å². The molecular weight excluding hydrogens is 402 g/mol. The van der Waals surface area contributed by atoms with Crippen molar-refractivity contribution < 1.29 is 17.6 Å². The van der Waals surface area contributed by atoms with Gasteiger partial charge in [0.05, 0.1) is 11.8 Å². The third-order valence-electron chi connectivity index (χ3n) is 4.69. The molecule has 0 fully saturated rings. The predicted octanol–water partition coefficient (Wildman–Crippen LogP) is 3.69. The molecule has 4 aromatic rings. The molecule has 0 aliphatic heterocycles. The van der Waals surface area contributed by atoms with Gasteiger partial charge in [-0.3, -0.25) is 4.79 Å². The Hall–Kier alpha value is -3.69. The number of rotatable bonds is 3. The summed E-state index contributed by atoms with van der Waals surface area (Å²) in [6, 6.07) is 7.13. The van der Waals surface area contributed by atoms with Crippen LogP contribution in [0.2, 0.25) is 0 Å². The van der Waals surface area contributed by atoms with E-state index >= 15 is 0 Å². The molecule has 2 aromatic carbocycles. The Bertz CT molecular complexity index is 1380. The quantitative estimate of drug-likeness (QED) is 0.314. The highest BCUT2D eigenvalue weighted by Crippen LogP contribution is 2.29. The highest BCUT2D eigenvalue weighted by molar-refractivity contribution is 6.04. The van der Waals surface area contributed by atoms with Gasteiger partial charge < -0.3 is 9.88 Å². The van der Waals surface area contributed by atoms with Crippen LogP contribution >= 0.6 is 0 Å². The third-order valence-corrected chi connectivity index (χ3v) is 4.69. The minimum Gasteiger partial charge on any atom is -0.373 e. The van der Waals surface area contributed by atoms with E-state index in [0.717, 1.165) is 15.0 Å². The van der Waals surface area contributed by atoms with Crippen LogP contribution in [-0.2, 0) is 0 Å².